The molecule has 0 aliphatic carbocycles. The monoisotopic (exact) mass is 589 g/mol. The Morgan fingerprint density at radius 1 is 0.947 bits per heavy atom. The van der Waals surface area contributed by atoms with E-state index in [-0.39, 0.29) is 10.8 Å². The fourth-order valence-corrected chi connectivity index (χ4v) is 6.65. The molecule has 12 heteroatoms. The quantitative estimate of drug-likeness (QED) is 0.302. The van der Waals surface area contributed by atoms with Gasteiger partial charge >= 0.3 is 0 Å². The Morgan fingerprint density at radius 3 is 2.34 bits per heavy atom. The normalized spacial score (nSPS) is 14.5. The highest BCUT2D eigenvalue weighted by molar-refractivity contribution is 7.92. The summed E-state index contributed by atoms with van der Waals surface area (Å²) >= 11 is 13.8. The molecule has 5 rings (SSSR count). The van der Waals surface area contributed by atoms with Gasteiger partial charge in [0.1, 0.15) is 5.52 Å². The van der Waals surface area contributed by atoms with Gasteiger partial charge < -0.3 is 10.2 Å². The lowest BCUT2D eigenvalue weighted by Gasteiger charge is -2.34. The first-order valence-corrected chi connectivity index (χ1v) is 15.0. The van der Waals surface area contributed by atoms with Gasteiger partial charge in [-0.05, 0) is 60.7 Å². The molecule has 38 heavy (non-hydrogen) atoms. The molecule has 1 aromatic heterocycles. The van der Waals surface area contributed by atoms with Crippen LogP contribution >= 0.6 is 34.5 Å². The van der Waals surface area contributed by atoms with E-state index in [0.717, 1.165) is 48.1 Å². The van der Waals surface area contributed by atoms with Crippen molar-refractivity contribution in [2.75, 3.05) is 48.9 Å². The van der Waals surface area contributed by atoms with Crippen LogP contribution in [0.1, 0.15) is 10.4 Å². The zero-order valence-corrected chi connectivity index (χ0v) is 23.4. The molecule has 1 aliphatic heterocycles. The smallest absolute Gasteiger partial charge is 0.261 e. The summed E-state index contributed by atoms with van der Waals surface area (Å²) in [7, 11) is -3.75. The molecule has 3 aromatic carbocycles. The minimum absolute atomic E-state index is 0.106. The van der Waals surface area contributed by atoms with Crippen LogP contribution in [0.5, 0.6) is 0 Å². The summed E-state index contributed by atoms with van der Waals surface area (Å²) in [5.41, 5.74) is 1.68. The number of carbonyl (C=O) groups excluding carboxylic acids is 1. The number of fused-ring (bicyclic) bond motifs is 1. The van der Waals surface area contributed by atoms with Crippen LogP contribution in [0.2, 0.25) is 10.0 Å². The van der Waals surface area contributed by atoms with Crippen LogP contribution < -0.4 is 14.9 Å². The van der Waals surface area contributed by atoms with Crippen molar-refractivity contribution >= 4 is 71.5 Å². The highest BCUT2D eigenvalue weighted by atomic mass is 35.5. The third-order valence-electron chi connectivity index (χ3n) is 6.24. The van der Waals surface area contributed by atoms with Gasteiger partial charge in [-0.3, -0.25) is 14.4 Å². The van der Waals surface area contributed by atoms with E-state index in [4.69, 9.17) is 28.2 Å². The molecule has 1 saturated heterocycles. The van der Waals surface area contributed by atoms with Crippen LogP contribution in [0.25, 0.3) is 10.2 Å². The summed E-state index contributed by atoms with van der Waals surface area (Å²) in [6.07, 6.45) is 0. The second-order valence-corrected chi connectivity index (χ2v) is 12.3. The molecule has 0 unspecified atom stereocenters. The van der Waals surface area contributed by atoms with Crippen molar-refractivity contribution in [2.45, 2.75) is 4.90 Å². The van der Waals surface area contributed by atoms with E-state index >= 15 is 0 Å². The van der Waals surface area contributed by atoms with E-state index in [2.05, 4.69) is 19.8 Å². The lowest BCUT2D eigenvalue weighted by atomic mass is 10.2. The summed E-state index contributed by atoms with van der Waals surface area (Å²) in [6, 6.07) is 18.1. The van der Waals surface area contributed by atoms with Crippen LogP contribution in [-0.4, -0.2) is 63.5 Å². The van der Waals surface area contributed by atoms with Gasteiger partial charge in [0.15, 0.2) is 5.13 Å². The Morgan fingerprint density at radius 2 is 1.66 bits per heavy atom. The molecule has 0 saturated carbocycles. The number of rotatable bonds is 8. The molecule has 0 atom stereocenters. The number of hydrogen-bond donors (Lipinski definition) is 2. The number of para-hydroxylation sites is 1. The van der Waals surface area contributed by atoms with Crippen molar-refractivity contribution in [3.63, 3.8) is 0 Å². The van der Waals surface area contributed by atoms with Crippen LogP contribution in [0.3, 0.4) is 0 Å². The number of aromatic nitrogens is 1. The van der Waals surface area contributed by atoms with Crippen molar-refractivity contribution in [3.8, 4) is 0 Å². The second-order valence-electron chi connectivity index (χ2n) is 8.80. The van der Waals surface area contributed by atoms with Crippen LogP contribution in [0.4, 0.5) is 10.8 Å². The third-order valence-corrected chi connectivity index (χ3v) is 9.27. The molecule has 1 amide bonds. The van der Waals surface area contributed by atoms with Gasteiger partial charge in [-0.2, -0.15) is 0 Å². The zero-order valence-electron chi connectivity index (χ0n) is 20.2. The number of piperazine rings is 1. The Bertz CT molecular complexity index is 1540. The standard InChI is InChI=1S/C26H25Cl2N5O3S2/c27-19-6-10-21(11-7-19)38(35,36)31-20-8-4-18(5-9-20)25(34)29-12-13-32-14-16-33(17-15-32)26-30-24-22(28)2-1-3-23(24)37-26/h1-11,31H,12-17H2,(H,29,34). The van der Waals surface area contributed by atoms with Crippen LogP contribution in [0.15, 0.2) is 71.6 Å². The van der Waals surface area contributed by atoms with Crippen molar-refractivity contribution in [3.05, 3.63) is 82.3 Å². The fourth-order valence-electron chi connectivity index (χ4n) is 4.15. The van der Waals surface area contributed by atoms with E-state index in [1.165, 1.54) is 24.3 Å². The number of thiazole rings is 1. The molecule has 1 fully saturated rings. The first-order valence-electron chi connectivity index (χ1n) is 12.0. The Labute approximate surface area is 235 Å². The number of sulfonamides is 1. The van der Waals surface area contributed by atoms with Crippen molar-refractivity contribution in [1.29, 1.82) is 0 Å². The number of halogens is 2. The van der Waals surface area contributed by atoms with Crippen molar-refractivity contribution < 1.29 is 13.2 Å². The van der Waals surface area contributed by atoms with Crippen molar-refractivity contribution in [2.24, 2.45) is 0 Å². The third kappa shape index (κ3) is 6.22. The van der Waals surface area contributed by atoms with E-state index in [1.54, 1.807) is 35.6 Å². The number of hydrogen-bond acceptors (Lipinski definition) is 7. The summed E-state index contributed by atoms with van der Waals surface area (Å²) in [4.78, 5) is 22.0. The minimum atomic E-state index is -3.75. The average Bonchev–Trinajstić information content (AvgIpc) is 3.35. The minimum Gasteiger partial charge on any atom is -0.351 e. The van der Waals surface area contributed by atoms with Crippen LogP contribution in [-0.2, 0) is 10.0 Å². The van der Waals surface area contributed by atoms with Gasteiger partial charge in [0, 0.05) is 55.5 Å². The molecular formula is C26H25Cl2N5O3S2. The molecule has 8 nitrogen and oxygen atoms in total. The molecule has 2 heterocycles. The number of amides is 1. The summed E-state index contributed by atoms with van der Waals surface area (Å²) in [5, 5.41) is 5.06. The highest BCUT2D eigenvalue weighted by Gasteiger charge is 2.20. The number of nitrogens with one attached hydrogen (secondary N) is 2. The van der Waals surface area contributed by atoms with Crippen LogP contribution in [0, 0.1) is 0 Å². The average molecular weight is 591 g/mol. The maximum Gasteiger partial charge on any atom is 0.261 e. The van der Waals surface area contributed by atoms with E-state index in [9.17, 15) is 13.2 Å². The summed E-state index contributed by atoms with van der Waals surface area (Å²) in [6.45, 7) is 4.73. The molecule has 198 valence electrons. The molecule has 0 radical (unpaired) electrons. The molecule has 2 N–H and O–H groups in total. The summed E-state index contributed by atoms with van der Waals surface area (Å²) < 4.78 is 28.7. The Balaban J connectivity index is 1.07. The van der Waals surface area contributed by atoms with E-state index in [0.29, 0.717) is 27.8 Å². The van der Waals surface area contributed by atoms with Gasteiger partial charge in [0.2, 0.25) is 0 Å². The zero-order chi connectivity index (χ0) is 26.7. The first-order chi connectivity index (χ1) is 18.3. The SMILES string of the molecule is O=C(NCCN1CCN(c2nc3c(Cl)cccc3s2)CC1)c1ccc(NS(=O)(=O)c2ccc(Cl)cc2)cc1. The largest absolute Gasteiger partial charge is 0.351 e. The summed E-state index contributed by atoms with van der Waals surface area (Å²) in [5.74, 6) is -0.206. The van der Waals surface area contributed by atoms with E-state index < -0.39 is 10.0 Å². The van der Waals surface area contributed by atoms with Gasteiger partial charge in [-0.1, -0.05) is 40.6 Å². The number of benzene rings is 3. The Hall–Kier alpha value is -2.89. The number of carbonyl (C=O) groups is 1. The van der Waals surface area contributed by atoms with Gasteiger partial charge in [0.05, 0.1) is 14.6 Å². The lowest BCUT2D eigenvalue weighted by molar-refractivity contribution is 0.0948. The number of anilines is 2. The topological polar surface area (TPSA) is 94.6 Å². The highest BCUT2D eigenvalue weighted by Crippen LogP contribution is 2.33. The van der Waals surface area contributed by atoms with Crippen molar-refractivity contribution in [1.82, 2.24) is 15.2 Å². The predicted molar refractivity (Wildman–Crippen MR) is 154 cm³/mol. The fraction of sp³-hybridized carbons (Fsp3) is 0.231. The molecule has 0 spiro atoms. The number of nitrogens with zero attached hydrogens (tertiary/aromatic N) is 3. The van der Waals surface area contributed by atoms with Gasteiger partial charge in [0.25, 0.3) is 15.9 Å². The van der Waals surface area contributed by atoms with E-state index in [1.807, 2.05) is 18.2 Å². The second kappa shape index (κ2) is 11.5. The molecule has 4 aromatic rings. The van der Waals surface area contributed by atoms with Gasteiger partial charge in [-0.25, -0.2) is 13.4 Å². The molecule has 0 bridgehead atoms. The molecule has 1 aliphatic rings. The molecular weight excluding hydrogens is 565 g/mol. The maximum atomic E-state index is 12.6. The predicted octanol–water partition coefficient (Wildman–Crippen LogP) is 4.96. The first kappa shape index (κ1) is 26.7. The maximum absolute atomic E-state index is 12.6. The Kier molecular flexibility index (Phi) is 8.06. The lowest BCUT2D eigenvalue weighted by Crippen LogP contribution is -2.48. The van der Waals surface area contributed by atoms with Gasteiger partial charge in [-0.15, -0.1) is 0 Å².